The van der Waals surface area contributed by atoms with Crippen LogP contribution in [0.4, 0.5) is 0 Å². The molecule has 0 atom stereocenters. The second kappa shape index (κ2) is 12.5. The standard InChI is InChI=1S/C51H36O4/c1-3-32-49(52)29(2)50(53)48(51(32)54)47-38-21-11-9-19-36(38)45(37-20-10-12-22-39(37)47)40-26-25-35(33-17-7-8-18-34(33)40)42-27-31(30-15-5-4-6-16-30)28-44-46(42)41-23-13-14-24-43(41)55-44/h4-28,52-54H,3H2,1-2H3. The van der Waals surface area contributed by atoms with Crippen LogP contribution in [0.5, 0.6) is 17.2 Å². The molecule has 0 bridgehead atoms. The van der Waals surface area contributed by atoms with Crippen molar-refractivity contribution in [2.24, 2.45) is 0 Å². The van der Waals surface area contributed by atoms with Crippen LogP contribution in [0.3, 0.4) is 0 Å². The molecule has 55 heavy (non-hydrogen) atoms. The summed E-state index contributed by atoms with van der Waals surface area (Å²) in [6.07, 6.45) is 0.410. The Bertz CT molecular complexity index is 3110. The van der Waals surface area contributed by atoms with Gasteiger partial charge in [0.1, 0.15) is 28.4 Å². The van der Waals surface area contributed by atoms with Crippen molar-refractivity contribution in [1.29, 1.82) is 0 Å². The molecule has 1 aromatic heterocycles. The minimum absolute atomic E-state index is 0.0759. The zero-order chi connectivity index (χ0) is 37.4. The number of hydrogen-bond acceptors (Lipinski definition) is 4. The van der Waals surface area contributed by atoms with E-state index in [4.69, 9.17) is 4.42 Å². The Kier molecular flexibility index (Phi) is 7.43. The van der Waals surface area contributed by atoms with E-state index in [1.807, 2.05) is 49.4 Å². The average Bonchev–Trinajstić information content (AvgIpc) is 3.61. The lowest BCUT2D eigenvalue weighted by Gasteiger charge is -2.22. The van der Waals surface area contributed by atoms with Crippen LogP contribution >= 0.6 is 0 Å². The quantitative estimate of drug-likeness (QED) is 0.155. The van der Waals surface area contributed by atoms with E-state index in [2.05, 4.69) is 109 Å². The minimum Gasteiger partial charge on any atom is -0.507 e. The van der Waals surface area contributed by atoms with Crippen LogP contribution in [0.1, 0.15) is 18.1 Å². The van der Waals surface area contributed by atoms with E-state index in [-0.39, 0.29) is 17.2 Å². The number of furan rings is 1. The molecule has 10 rings (SSSR count). The monoisotopic (exact) mass is 712 g/mol. The van der Waals surface area contributed by atoms with Crippen LogP contribution in [0.15, 0.2) is 156 Å². The third-order valence-electron chi connectivity index (χ3n) is 11.4. The smallest absolute Gasteiger partial charge is 0.136 e. The Morgan fingerprint density at radius 2 is 0.945 bits per heavy atom. The molecular formula is C51H36O4. The molecule has 4 nitrogen and oxygen atoms in total. The van der Waals surface area contributed by atoms with Gasteiger partial charge in [0, 0.05) is 27.5 Å². The van der Waals surface area contributed by atoms with Crippen LogP contribution in [-0.4, -0.2) is 15.3 Å². The highest BCUT2D eigenvalue weighted by Crippen LogP contribution is 2.54. The van der Waals surface area contributed by atoms with Gasteiger partial charge in [-0.2, -0.15) is 0 Å². The summed E-state index contributed by atoms with van der Waals surface area (Å²) in [5.74, 6) is -0.300. The third-order valence-corrected chi connectivity index (χ3v) is 11.4. The van der Waals surface area contributed by atoms with Crippen LogP contribution in [0, 0.1) is 6.92 Å². The van der Waals surface area contributed by atoms with Gasteiger partial charge in [0.25, 0.3) is 0 Å². The number of phenolic OH excluding ortho intramolecular Hbond substituents is 3. The zero-order valence-corrected chi connectivity index (χ0v) is 30.4. The lowest BCUT2D eigenvalue weighted by molar-refractivity contribution is 0.417. The predicted octanol–water partition coefficient (Wildman–Crippen LogP) is 13.7. The summed E-state index contributed by atoms with van der Waals surface area (Å²) in [5, 5.41) is 42.4. The molecule has 0 aliphatic carbocycles. The summed E-state index contributed by atoms with van der Waals surface area (Å²) in [6, 6.07) is 52.6. The van der Waals surface area contributed by atoms with E-state index < -0.39 is 0 Å². The van der Waals surface area contributed by atoms with Crippen molar-refractivity contribution in [3.8, 4) is 61.8 Å². The second-order valence-corrected chi connectivity index (χ2v) is 14.3. The SMILES string of the molecule is CCc1c(O)c(C)c(O)c(-c2c3ccccc3c(-c3ccc(-c4cc(-c5ccccc5)cc5oc6ccccc6c45)c4ccccc34)c3ccccc23)c1O. The molecule has 3 N–H and O–H groups in total. The first kappa shape index (κ1) is 32.6. The fourth-order valence-corrected chi connectivity index (χ4v) is 8.78. The van der Waals surface area contributed by atoms with Gasteiger partial charge in [0.15, 0.2) is 0 Å². The summed E-state index contributed by atoms with van der Waals surface area (Å²) in [4.78, 5) is 0. The highest BCUT2D eigenvalue weighted by molar-refractivity contribution is 6.26. The van der Waals surface area contributed by atoms with Gasteiger partial charge < -0.3 is 19.7 Å². The molecule has 0 aliphatic heterocycles. The van der Waals surface area contributed by atoms with Gasteiger partial charge in [-0.05, 0) is 97.2 Å². The molecule has 1 heterocycles. The van der Waals surface area contributed by atoms with Gasteiger partial charge in [0.2, 0.25) is 0 Å². The van der Waals surface area contributed by atoms with Gasteiger partial charge in [-0.3, -0.25) is 0 Å². The van der Waals surface area contributed by atoms with Gasteiger partial charge in [-0.1, -0.05) is 140 Å². The number of fused-ring (bicyclic) bond motifs is 6. The first-order valence-corrected chi connectivity index (χ1v) is 18.7. The molecule has 9 aromatic carbocycles. The lowest BCUT2D eigenvalue weighted by atomic mass is 9.82. The molecular weight excluding hydrogens is 677 g/mol. The summed E-state index contributed by atoms with van der Waals surface area (Å²) in [7, 11) is 0. The molecule has 10 aromatic rings. The maximum Gasteiger partial charge on any atom is 0.136 e. The van der Waals surface area contributed by atoms with Gasteiger partial charge >= 0.3 is 0 Å². The van der Waals surface area contributed by atoms with Gasteiger partial charge in [-0.25, -0.2) is 0 Å². The molecule has 0 radical (unpaired) electrons. The summed E-state index contributed by atoms with van der Waals surface area (Å²) in [5.41, 5.74) is 10.1. The van der Waals surface area contributed by atoms with Gasteiger partial charge in [-0.15, -0.1) is 0 Å². The summed E-state index contributed by atoms with van der Waals surface area (Å²) < 4.78 is 6.52. The molecule has 264 valence electrons. The number of para-hydroxylation sites is 1. The largest absolute Gasteiger partial charge is 0.507 e. The summed E-state index contributed by atoms with van der Waals surface area (Å²) in [6.45, 7) is 3.58. The van der Waals surface area contributed by atoms with Crippen LogP contribution < -0.4 is 0 Å². The van der Waals surface area contributed by atoms with E-state index in [0.717, 1.165) is 93.2 Å². The molecule has 0 aliphatic rings. The van der Waals surface area contributed by atoms with E-state index in [1.54, 1.807) is 6.92 Å². The van der Waals surface area contributed by atoms with Gasteiger partial charge in [0.05, 0.1) is 5.56 Å². The van der Waals surface area contributed by atoms with Crippen molar-refractivity contribution in [1.82, 2.24) is 0 Å². The Morgan fingerprint density at radius 1 is 0.418 bits per heavy atom. The predicted molar refractivity (Wildman–Crippen MR) is 227 cm³/mol. The van der Waals surface area contributed by atoms with E-state index in [9.17, 15) is 15.3 Å². The van der Waals surface area contributed by atoms with Crippen molar-refractivity contribution >= 4 is 54.3 Å². The first-order valence-electron chi connectivity index (χ1n) is 18.7. The molecule has 4 heteroatoms. The molecule has 0 unspecified atom stereocenters. The van der Waals surface area contributed by atoms with Crippen LogP contribution in [-0.2, 0) is 6.42 Å². The van der Waals surface area contributed by atoms with Crippen LogP contribution in [0.25, 0.3) is 98.8 Å². The molecule has 0 saturated heterocycles. The minimum atomic E-state index is -0.124. The molecule has 0 fully saturated rings. The number of hydrogen-bond donors (Lipinski definition) is 3. The van der Waals surface area contributed by atoms with Crippen molar-refractivity contribution in [3.05, 3.63) is 163 Å². The van der Waals surface area contributed by atoms with E-state index in [0.29, 0.717) is 23.1 Å². The highest BCUT2D eigenvalue weighted by atomic mass is 16.3. The van der Waals surface area contributed by atoms with Crippen molar-refractivity contribution in [2.45, 2.75) is 20.3 Å². The zero-order valence-electron chi connectivity index (χ0n) is 30.4. The molecule has 0 spiro atoms. The average molecular weight is 713 g/mol. The molecule has 0 saturated carbocycles. The maximum atomic E-state index is 11.7. The Hall–Kier alpha value is -7.04. The number of aromatic hydroxyl groups is 3. The first-order chi connectivity index (χ1) is 26.9. The highest BCUT2D eigenvalue weighted by Gasteiger charge is 2.27. The number of phenols is 3. The number of rotatable bonds is 5. The topological polar surface area (TPSA) is 73.8 Å². The maximum absolute atomic E-state index is 11.7. The molecule has 0 amide bonds. The van der Waals surface area contributed by atoms with Crippen molar-refractivity contribution in [2.75, 3.05) is 0 Å². The van der Waals surface area contributed by atoms with E-state index in [1.165, 1.54) is 0 Å². The normalized spacial score (nSPS) is 11.7. The third kappa shape index (κ3) is 4.85. The van der Waals surface area contributed by atoms with Crippen molar-refractivity contribution in [3.63, 3.8) is 0 Å². The summed E-state index contributed by atoms with van der Waals surface area (Å²) >= 11 is 0. The second-order valence-electron chi connectivity index (χ2n) is 14.3. The number of benzene rings is 9. The fraction of sp³-hybridized carbons (Fsp3) is 0.0588. The van der Waals surface area contributed by atoms with Crippen molar-refractivity contribution < 1.29 is 19.7 Å². The van der Waals surface area contributed by atoms with E-state index >= 15 is 0 Å². The van der Waals surface area contributed by atoms with Crippen LogP contribution in [0.2, 0.25) is 0 Å². The fourth-order valence-electron chi connectivity index (χ4n) is 8.78. The Balaban J connectivity index is 1.29. The lowest BCUT2D eigenvalue weighted by Crippen LogP contribution is -1.96. The Morgan fingerprint density at radius 3 is 1.58 bits per heavy atom. The Labute approximate surface area is 317 Å².